The summed E-state index contributed by atoms with van der Waals surface area (Å²) in [5.74, 6) is -0.179. The molecule has 1 aromatic heterocycles. The monoisotopic (exact) mass is 354 g/mol. The number of carbonyl (C=O) groups excluding carboxylic acids is 1. The third-order valence-electron chi connectivity index (χ3n) is 5.07. The van der Waals surface area contributed by atoms with Gasteiger partial charge in [0.1, 0.15) is 11.2 Å². The maximum Gasteiger partial charge on any atom is 0.433 e. The van der Waals surface area contributed by atoms with E-state index in [0.29, 0.717) is 31.7 Å². The number of alkyl halides is 3. The molecule has 1 aromatic rings. The summed E-state index contributed by atoms with van der Waals surface area (Å²) in [7, 11) is 0. The Bertz CT molecular complexity index is 681. The third-order valence-corrected chi connectivity index (χ3v) is 5.07. The molecular weight excluding hydrogens is 333 g/mol. The van der Waals surface area contributed by atoms with Gasteiger partial charge in [-0.05, 0) is 55.9 Å². The van der Waals surface area contributed by atoms with E-state index in [0.717, 1.165) is 30.9 Å². The van der Waals surface area contributed by atoms with E-state index in [4.69, 9.17) is 4.74 Å². The molecule has 3 rings (SSSR count). The first-order chi connectivity index (χ1) is 11.9. The number of rotatable bonds is 4. The van der Waals surface area contributed by atoms with Gasteiger partial charge in [0.05, 0.1) is 6.61 Å². The summed E-state index contributed by atoms with van der Waals surface area (Å²) >= 11 is 0. The number of carbonyl (C=O) groups is 1. The van der Waals surface area contributed by atoms with Crippen molar-refractivity contribution in [3.05, 3.63) is 35.7 Å². The Hall–Kier alpha value is -1.89. The van der Waals surface area contributed by atoms with Crippen molar-refractivity contribution in [2.75, 3.05) is 19.7 Å². The second-order valence-electron chi connectivity index (χ2n) is 6.46. The molecule has 4 nitrogen and oxygen atoms in total. The van der Waals surface area contributed by atoms with Gasteiger partial charge in [-0.25, -0.2) is 0 Å². The van der Waals surface area contributed by atoms with Crippen LogP contribution in [-0.4, -0.2) is 41.1 Å². The van der Waals surface area contributed by atoms with Gasteiger partial charge in [-0.2, -0.15) is 13.2 Å². The number of halogens is 3. The Morgan fingerprint density at radius 2 is 2.16 bits per heavy atom. The second kappa shape index (κ2) is 6.78. The SMILES string of the molecule is CCOC(=O)C1(N2CC=C(c3ccnc(C(F)(F)F)c3)CC2)CCC1. The van der Waals surface area contributed by atoms with Crippen molar-refractivity contribution in [1.29, 1.82) is 0 Å². The molecule has 0 N–H and O–H groups in total. The molecule has 7 heteroatoms. The van der Waals surface area contributed by atoms with E-state index in [9.17, 15) is 18.0 Å². The molecule has 136 valence electrons. The summed E-state index contributed by atoms with van der Waals surface area (Å²) in [5, 5.41) is 0. The first-order valence-corrected chi connectivity index (χ1v) is 8.52. The Morgan fingerprint density at radius 1 is 1.40 bits per heavy atom. The van der Waals surface area contributed by atoms with E-state index in [1.165, 1.54) is 6.20 Å². The second-order valence-corrected chi connectivity index (χ2v) is 6.46. The van der Waals surface area contributed by atoms with Gasteiger partial charge in [-0.15, -0.1) is 0 Å². The molecule has 2 aliphatic rings. The topological polar surface area (TPSA) is 42.4 Å². The molecule has 0 saturated heterocycles. The lowest BCUT2D eigenvalue weighted by molar-refractivity contribution is -0.164. The predicted octanol–water partition coefficient (Wildman–Crippen LogP) is 3.68. The van der Waals surface area contributed by atoms with Crippen LogP contribution in [0, 0.1) is 0 Å². The van der Waals surface area contributed by atoms with Gasteiger partial charge < -0.3 is 4.74 Å². The summed E-state index contributed by atoms with van der Waals surface area (Å²) < 4.78 is 43.7. The molecule has 1 aliphatic carbocycles. The maximum absolute atomic E-state index is 12.8. The Labute approximate surface area is 144 Å². The molecule has 0 spiro atoms. The van der Waals surface area contributed by atoms with Gasteiger partial charge in [0, 0.05) is 19.3 Å². The Kier molecular flexibility index (Phi) is 4.86. The maximum atomic E-state index is 12.8. The fraction of sp³-hybridized carbons (Fsp3) is 0.556. The minimum Gasteiger partial charge on any atom is -0.465 e. The van der Waals surface area contributed by atoms with Crippen LogP contribution in [0.3, 0.4) is 0 Å². The van der Waals surface area contributed by atoms with E-state index in [-0.39, 0.29) is 5.97 Å². The van der Waals surface area contributed by atoms with Gasteiger partial charge in [-0.3, -0.25) is 14.7 Å². The zero-order chi connectivity index (χ0) is 18.1. The van der Waals surface area contributed by atoms with Crippen LogP contribution in [0.2, 0.25) is 0 Å². The largest absolute Gasteiger partial charge is 0.465 e. The summed E-state index contributed by atoms with van der Waals surface area (Å²) in [6, 6.07) is 2.69. The number of nitrogens with zero attached hydrogens (tertiary/aromatic N) is 2. The lowest BCUT2D eigenvalue weighted by Gasteiger charge is -2.48. The number of esters is 1. The van der Waals surface area contributed by atoms with E-state index >= 15 is 0 Å². The van der Waals surface area contributed by atoms with Crippen molar-refractivity contribution in [3.63, 3.8) is 0 Å². The van der Waals surface area contributed by atoms with E-state index in [1.54, 1.807) is 13.0 Å². The van der Waals surface area contributed by atoms with E-state index in [2.05, 4.69) is 9.88 Å². The molecule has 0 amide bonds. The predicted molar refractivity (Wildman–Crippen MR) is 86.6 cm³/mol. The first-order valence-electron chi connectivity index (χ1n) is 8.52. The fourth-order valence-corrected chi connectivity index (χ4v) is 3.53. The van der Waals surface area contributed by atoms with Crippen LogP contribution in [0.5, 0.6) is 0 Å². The van der Waals surface area contributed by atoms with Crippen molar-refractivity contribution in [3.8, 4) is 0 Å². The van der Waals surface area contributed by atoms with Crippen LogP contribution in [0.25, 0.3) is 5.57 Å². The zero-order valence-corrected chi connectivity index (χ0v) is 14.1. The van der Waals surface area contributed by atoms with E-state index < -0.39 is 17.4 Å². The Balaban J connectivity index is 1.76. The van der Waals surface area contributed by atoms with Gasteiger partial charge in [0.15, 0.2) is 0 Å². The lowest BCUT2D eigenvalue weighted by atomic mass is 9.74. The molecule has 0 atom stereocenters. The fourth-order valence-electron chi connectivity index (χ4n) is 3.53. The van der Waals surface area contributed by atoms with Gasteiger partial charge in [0.2, 0.25) is 0 Å². The molecule has 2 heterocycles. The average molecular weight is 354 g/mol. The third kappa shape index (κ3) is 3.42. The summed E-state index contributed by atoms with van der Waals surface area (Å²) in [6.07, 6.45) is 1.81. The minimum atomic E-state index is -4.45. The molecule has 0 bridgehead atoms. The van der Waals surface area contributed by atoms with Crippen LogP contribution in [-0.2, 0) is 15.7 Å². The highest BCUT2D eigenvalue weighted by Crippen LogP contribution is 2.41. The standard InChI is InChI=1S/C18H21F3N2O2/c1-2-25-16(24)17(7-3-8-17)23-10-5-13(6-11-23)14-4-9-22-15(12-14)18(19,20)21/h4-5,9,12H,2-3,6-8,10-11H2,1H3. The highest BCUT2D eigenvalue weighted by atomic mass is 19.4. The van der Waals surface area contributed by atoms with Crippen molar-refractivity contribution < 1.29 is 22.7 Å². The van der Waals surface area contributed by atoms with Crippen LogP contribution >= 0.6 is 0 Å². The molecule has 0 aromatic carbocycles. The quantitative estimate of drug-likeness (QED) is 0.774. The van der Waals surface area contributed by atoms with Crippen molar-refractivity contribution in [2.45, 2.75) is 44.3 Å². The van der Waals surface area contributed by atoms with Gasteiger partial charge in [-0.1, -0.05) is 6.08 Å². The van der Waals surface area contributed by atoms with Crippen LogP contribution in [0.1, 0.15) is 43.9 Å². The molecule has 1 aliphatic heterocycles. The van der Waals surface area contributed by atoms with Crippen LogP contribution < -0.4 is 0 Å². The van der Waals surface area contributed by atoms with E-state index in [1.807, 2.05) is 6.08 Å². The molecule has 1 fully saturated rings. The van der Waals surface area contributed by atoms with Crippen LogP contribution in [0.4, 0.5) is 13.2 Å². The van der Waals surface area contributed by atoms with Crippen LogP contribution in [0.15, 0.2) is 24.4 Å². The molecule has 25 heavy (non-hydrogen) atoms. The molecular formula is C18H21F3N2O2. The lowest BCUT2D eigenvalue weighted by Crippen LogP contribution is -2.60. The van der Waals surface area contributed by atoms with Crippen molar-refractivity contribution in [2.24, 2.45) is 0 Å². The molecule has 1 saturated carbocycles. The first kappa shape index (κ1) is 17.9. The molecule has 0 unspecified atom stereocenters. The number of hydrogen-bond acceptors (Lipinski definition) is 4. The average Bonchev–Trinajstić information content (AvgIpc) is 2.54. The number of ether oxygens (including phenoxy) is 1. The molecule has 0 radical (unpaired) electrons. The summed E-state index contributed by atoms with van der Waals surface area (Å²) in [5.41, 5.74) is -0.0217. The van der Waals surface area contributed by atoms with Gasteiger partial charge in [0.25, 0.3) is 0 Å². The highest BCUT2D eigenvalue weighted by molar-refractivity contribution is 5.82. The minimum absolute atomic E-state index is 0.179. The highest BCUT2D eigenvalue weighted by Gasteiger charge is 2.50. The number of pyridine rings is 1. The summed E-state index contributed by atoms with van der Waals surface area (Å²) in [4.78, 5) is 17.8. The van der Waals surface area contributed by atoms with Crippen molar-refractivity contribution in [1.82, 2.24) is 9.88 Å². The summed E-state index contributed by atoms with van der Waals surface area (Å²) in [6.45, 7) is 3.32. The Morgan fingerprint density at radius 3 is 2.68 bits per heavy atom. The van der Waals surface area contributed by atoms with Gasteiger partial charge >= 0.3 is 12.1 Å². The normalized spacial score (nSPS) is 20.6. The zero-order valence-electron chi connectivity index (χ0n) is 14.1. The number of hydrogen-bond donors (Lipinski definition) is 0. The van der Waals surface area contributed by atoms with Crippen molar-refractivity contribution >= 4 is 11.5 Å². The smallest absolute Gasteiger partial charge is 0.433 e. The number of aromatic nitrogens is 1.